The van der Waals surface area contributed by atoms with Gasteiger partial charge in [0.25, 0.3) is 0 Å². The van der Waals surface area contributed by atoms with Crippen LogP contribution in [-0.2, 0) is 6.54 Å². The molecular formula is C27H32ClN3O. The fourth-order valence-electron chi connectivity index (χ4n) is 3.88. The van der Waals surface area contributed by atoms with E-state index in [1.54, 1.807) is 0 Å². The minimum Gasteiger partial charge on any atom is -0.492 e. The van der Waals surface area contributed by atoms with Crippen molar-refractivity contribution in [3.05, 3.63) is 58.9 Å². The minimum absolute atomic E-state index is 0.510. The Hall–Kier alpha value is -2.77. The second kappa shape index (κ2) is 12.3. The molecule has 0 fully saturated rings. The van der Waals surface area contributed by atoms with E-state index in [1.165, 1.54) is 38.5 Å². The lowest BCUT2D eigenvalue weighted by Crippen LogP contribution is -2.00. The first-order valence-corrected chi connectivity index (χ1v) is 12.1. The highest BCUT2D eigenvalue weighted by molar-refractivity contribution is 6.32. The summed E-state index contributed by atoms with van der Waals surface area (Å²) in [6.45, 7) is 5.70. The van der Waals surface area contributed by atoms with Gasteiger partial charge in [-0.15, -0.1) is 0 Å². The van der Waals surface area contributed by atoms with E-state index < -0.39 is 0 Å². The van der Waals surface area contributed by atoms with Crippen LogP contribution in [0.1, 0.15) is 70.2 Å². The van der Waals surface area contributed by atoms with Crippen LogP contribution in [0.25, 0.3) is 22.7 Å². The number of hydrogen-bond acceptors (Lipinski definition) is 3. The quantitative estimate of drug-likeness (QED) is 0.208. The fraction of sp³-hybridized carbons (Fsp3) is 0.407. The van der Waals surface area contributed by atoms with Gasteiger partial charge >= 0.3 is 0 Å². The monoisotopic (exact) mass is 449 g/mol. The van der Waals surface area contributed by atoms with Gasteiger partial charge < -0.3 is 9.30 Å². The molecule has 0 amide bonds. The Morgan fingerprint density at radius 3 is 2.53 bits per heavy atom. The van der Waals surface area contributed by atoms with Crippen molar-refractivity contribution in [1.29, 1.82) is 5.26 Å². The predicted molar refractivity (Wildman–Crippen MR) is 134 cm³/mol. The highest BCUT2D eigenvalue weighted by atomic mass is 35.5. The molecule has 0 saturated heterocycles. The van der Waals surface area contributed by atoms with E-state index in [2.05, 4.69) is 29.5 Å². The molecule has 3 rings (SSSR count). The van der Waals surface area contributed by atoms with E-state index in [0.717, 1.165) is 29.6 Å². The van der Waals surface area contributed by atoms with Crippen LogP contribution in [0, 0.1) is 11.3 Å². The molecule has 3 aromatic rings. The van der Waals surface area contributed by atoms with Crippen molar-refractivity contribution < 1.29 is 4.74 Å². The molecule has 0 bridgehead atoms. The molecule has 0 N–H and O–H groups in total. The number of ether oxygens (including phenoxy) is 1. The number of aromatic nitrogens is 2. The summed E-state index contributed by atoms with van der Waals surface area (Å²) >= 11 is 6.46. The van der Waals surface area contributed by atoms with E-state index in [4.69, 9.17) is 16.3 Å². The summed E-state index contributed by atoms with van der Waals surface area (Å²) in [5.74, 6) is 1.36. The SMILES string of the molecule is CCCCCCCCCOc1ccc(/C=C(/C#N)c2nc3ccccc3n2CC)cc1Cl. The van der Waals surface area contributed by atoms with Crippen molar-refractivity contribution in [2.45, 2.75) is 65.3 Å². The topological polar surface area (TPSA) is 50.8 Å². The standard InChI is InChI=1S/C27H32ClN3O/c1-3-5-6-7-8-9-12-17-32-26-16-15-21(19-23(26)28)18-22(20-29)27-30-24-13-10-11-14-25(24)31(27)4-2/h10-11,13-16,18-19H,3-9,12,17H2,1-2H3/b22-18-. The molecular weight excluding hydrogens is 418 g/mol. The van der Waals surface area contributed by atoms with E-state index in [0.29, 0.717) is 28.8 Å². The summed E-state index contributed by atoms with van der Waals surface area (Å²) in [5.41, 5.74) is 3.27. The zero-order valence-electron chi connectivity index (χ0n) is 19.1. The molecule has 0 aliphatic carbocycles. The van der Waals surface area contributed by atoms with Crippen molar-refractivity contribution in [1.82, 2.24) is 9.55 Å². The summed E-state index contributed by atoms with van der Waals surface area (Å²) in [4.78, 5) is 4.69. The smallest absolute Gasteiger partial charge is 0.151 e. The lowest BCUT2D eigenvalue weighted by molar-refractivity contribution is 0.304. The van der Waals surface area contributed by atoms with Gasteiger partial charge in [0.2, 0.25) is 0 Å². The van der Waals surface area contributed by atoms with E-state index in [1.807, 2.05) is 48.5 Å². The van der Waals surface area contributed by atoms with Gasteiger partial charge in [-0.3, -0.25) is 0 Å². The van der Waals surface area contributed by atoms with Crippen LogP contribution in [0.5, 0.6) is 5.75 Å². The Bertz CT molecular complexity index is 1090. The maximum absolute atomic E-state index is 9.82. The van der Waals surface area contributed by atoms with Gasteiger partial charge in [-0.05, 0) is 49.2 Å². The molecule has 0 atom stereocenters. The highest BCUT2D eigenvalue weighted by Crippen LogP contribution is 2.29. The molecule has 0 saturated carbocycles. The zero-order chi connectivity index (χ0) is 22.8. The molecule has 1 aromatic heterocycles. The number of allylic oxidation sites excluding steroid dienone is 1. The molecule has 4 nitrogen and oxygen atoms in total. The number of fused-ring (bicyclic) bond motifs is 1. The van der Waals surface area contributed by atoms with Crippen LogP contribution in [0.2, 0.25) is 5.02 Å². The number of para-hydroxylation sites is 2. The van der Waals surface area contributed by atoms with Crippen molar-refractivity contribution >= 4 is 34.3 Å². The molecule has 168 valence electrons. The lowest BCUT2D eigenvalue weighted by atomic mass is 10.1. The first kappa shape index (κ1) is 23.9. The molecule has 1 heterocycles. The van der Waals surface area contributed by atoms with Gasteiger partial charge in [-0.25, -0.2) is 4.98 Å². The zero-order valence-corrected chi connectivity index (χ0v) is 19.9. The van der Waals surface area contributed by atoms with Crippen LogP contribution in [-0.4, -0.2) is 16.2 Å². The second-order valence-electron chi connectivity index (χ2n) is 8.00. The third-order valence-corrected chi connectivity index (χ3v) is 5.90. The van der Waals surface area contributed by atoms with Crippen molar-refractivity contribution in [3.8, 4) is 11.8 Å². The number of hydrogen-bond donors (Lipinski definition) is 0. The molecule has 0 aliphatic rings. The van der Waals surface area contributed by atoms with Crippen LogP contribution in [0.15, 0.2) is 42.5 Å². The summed E-state index contributed by atoms with van der Waals surface area (Å²) < 4.78 is 7.94. The van der Waals surface area contributed by atoms with Gasteiger partial charge in [0.05, 0.1) is 28.2 Å². The molecule has 0 spiro atoms. The molecule has 5 heteroatoms. The van der Waals surface area contributed by atoms with Crippen LogP contribution in [0.3, 0.4) is 0 Å². The van der Waals surface area contributed by atoms with Gasteiger partial charge in [-0.1, -0.05) is 75.2 Å². The number of unbranched alkanes of at least 4 members (excludes halogenated alkanes) is 6. The molecule has 32 heavy (non-hydrogen) atoms. The number of nitriles is 1. The normalized spacial score (nSPS) is 11.6. The Morgan fingerprint density at radius 2 is 1.81 bits per heavy atom. The first-order chi connectivity index (χ1) is 15.7. The van der Waals surface area contributed by atoms with Crippen LogP contribution < -0.4 is 4.74 Å². The minimum atomic E-state index is 0.510. The summed E-state index contributed by atoms with van der Waals surface area (Å²) in [7, 11) is 0. The first-order valence-electron chi connectivity index (χ1n) is 11.7. The van der Waals surface area contributed by atoms with Crippen molar-refractivity contribution in [2.24, 2.45) is 0 Å². The van der Waals surface area contributed by atoms with Gasteiger partial charge in [0, 0.05) is 6.54 Å². The van der Waals surface area contributed by atoms with Crippen molar-refractivity contribution in [2.75, 3.05) is 6.61 Å². The average molecular weight is 450 g/mol. The van der Waals surface area contributed by atoms with Crippen molar-refractivity contribution in [3.63, 3.8) is 0 Å². The summed E-state index contributed by atoms with van der Waals surface area (Å²) in [6, 6.07) is 15.9. The molecule has 0 aliphatic heterocycles. The number of nitrogens with zero attached hydrogens (tertiary/aromatic N) is 3. The third-order valence-electron chi connectivity index (χ3n) is 5.60. The Labute approximate surface area is 196 Å². The van der Waals surface area contributed by atoms with Gasteiger partial charge in [0.1, 0.15) is 11.8 Å². The molecule has 0 radical (unpaired) electrons. The maximum atomic E-state index is 9.82. The highest BCUT2D eigenvalue weighted by Gasteiger charge is 2.14. The third kappa shape index (κ3) is 6.14. The van der Waals surface area contributed by atoms with E-state index in [-0.39, 0.29) is 0 Å². The number of imidazole rings is 1. The summed E-state index contributed by atoms with van der Waals surface area (Å²) in [6.07, 6.45) is 10.6. The van der Waals surface area contributed by atoms with Gasteiger partial charge in [0.15, 0.2) is 5.82 Å². The van der Waals surface area contributed by atoms with Gasteiger partial charge in [-0.2, -0.15) is 5.26 Å². The summed E-state index contributed by atoms with van der Waals surface area (Å²) in [5, 5.41) is 10.4. The number of aryl methyl sites for hydroxylation is 1. The Kier molecular flexibility index (Phi) is 9.19. The predicted octanol–water partition coefficient (Wildman–Crippen LogP) is 7.90. The number of benzene rings is 2. The van der Waals surface area contributed by atoms with Crippen LogP contribution in [0.4, 0.5) is 0 Å². The van der Waals surface area contributed by atoms with E-state index >= 15 is 0 Å². The van der Waals surface area contributed by atoms with E-state index in [9.17, 15) is 5.26 Å². The average Bonchev–Trinajstić information content (AvgIpc) is 3.18. The largest absolute Gasteiger partial charge is 0.492 e. The lowest BCUT2D eigenvalue weighted by Gasteiger charge is -2.09. The Balaban J connectivity index is 1.66. The molecule has 0 unspecified atom stereocenters. The number of halogens is 1. The number of rotatable bonds is 12. The molecule has 2 aromatic carbocycles. The fourth-order valence-corrected chi connectivity index (χ4v) is 4.12. The second-order valence-corrected chi connectivity index (χ2v) is 8.41. The maximum Gasteiger partial charge on any atom is 0.151 e. The van der Waals surface area contributed by atoms with Crippen LogP contribution >= 0.6 is 11.6 Å². The Morgan fingerprint density at radius 1 is 1.06 bits per heavy atom.